The van der Waals surface area contributed by atoms with Gasteiger partial charge >= 0.3 is 5.97 Å². The first kappa shape index (κ1) is 13.0. The van der Waals surface area contributed by atoms with Gasteiger partial charge in [-0.25, -0.2) is 0 Å². The molecule has 1 aromatic heterocycles. The number of nitrogens with zero attached hydrogens (tertiary/aromatic N) is 2. The normalized spacial score (nSPS) is 18.6. The van der Waals surface area contributed by atoms with E-state index in [1.54, 1.807) is 0 Å². The Morgan fingerprint density at radius 1 is 1.50 bits per heavy atom. The van der Waals surface area contributed by atoms with Crippen molar-refractivity contribution in [3.63, 3.8) is 0 Å². The lowest BCUT2D eigenvalue weighted by molar-refractivity contribution is -0.140. The zero-order valence-corrected chi connectivity index (χ0v) is 10.3. The lowest BCUT2D eigenvalue weighted by Gasteiger charge is -2.29. The second-order valence-electron chi connectivity index (χ2n) is 4.36. The SMILES string of the molecule is COC(=O)CCc1nc(C2(N)CCOCC2)no1. The molecule has 0 spiro atoms. The lowest BCUT2D eigenvalue weighted by atomic mass is 9.91. The highest BCUT2D eigenvalue weighted by atomic mass is 16.5. The summed E-state index contributed by atoms with van der Waals surface area (Å²) in [5.74, 6) is 0.598. The minimum absolute atomic E-state index is 0.221. The summed E-state index contributed by atoms with van der Waals surface area (Å²) in [6, 6.07) is 0. The summed E-state index contributed by atoms with van der Waals surface area (Å²) < 4.78 is 14.9. The van der Waals surface area contributed by atoms with Crippen LogP contribution in [-0.4, -0.2) is 36.4 Å². The molecule has 0 bridgehead atoms. The van der Waals surface area contributed by atoms with Crippen molar-refractivity contribution in [1.82, 2.24) is 10.1 Å². The maximum absolute atomic E-state index is 11.0. The number of ether oxygens (including phenoxy) is 2. The van der Waals surface area contributed by atoms with Crippen molar-refractivity contribution < 1.29 is 18.8 Å². The van der Waals surface area contributed by atoms with Gasteiger partial charge in [-0.2, -0.15) is 4.98 Å². The van der Waals surface area contributed by atoms with Crippen LogP contribution in [0.3, 0.4) is 0 Å². The minimum atomic E-state index is -0.578. The molecule has 2 rings (SSSR count). The molecular weight excluding hydrogens is 238 g/mol. The van der Waals surface area contributed by atoms with Crippen LogP contribution in [0.15, 0.2) is 4.52 Å². The standard InChI is InChI=1S/C11H17N3O4/c1-16-9(15)3-2-8-13-10(14-18-8)11(12)4-6-17-7-5-11/h2-7,12H2,1H3. The summed E-state index contributed by atoms with van der Waals surface area (Å²) in [5, 5.41) is 3.90. The molecule has 1 aliphatic rings. The molecule has 7 nitrogen and oxygen atoms in total. The van der Waals surface area contributed by atoms with Gasteiger partial charge in [0.05, 0.1) is 19.1 Å². The highest BCUT2D eigenvalue weighted by Crippen LogP contribution is 2.27. The number of carbonyl (C=O) groups excluding carboxylic acids is 1. The van der Waals surface area contributed by atoms with Crippen LogP contribution >= 0.6 is 0 Å². The zero-order valence-electron chi connectivity index (χ0n) is 10.3. The van der Waals surface area contributed by atoms with Gasteiger partial charge in [0, 0.05) is 19.6 Å². The van der Waals surface area contributed by atoms with Crippen LogP contribution in [0.5, 0.6) is 0 Å². The zero-order chi connectivity index (χ0) is 13.0. The molecular formula is C11H17N3O4. The Hall–Kier alpha value is -1.47. The van der Waals surface area contributed by atoms with E-state index in [0.717, 1.165) is 0 Å². The lowest BCUT2D eigenvalue weighted by Crippen LogP contribution is -2.43. The summed E-state index contributed by atoms with van der Waals surface area (Å²) in [7, 11) is 1.35. The van der Waals surface area contributed by atoms with Crippen LogP contribution in [0.2, 0.25) is 0 Å². The minimum Gasteiger partial charge on any atom is -0.469 e. The third kappa shape index (κ3) is 2.85. The molecule has 1 fully saturated rings. The van der Waals surface area contributed by atoms with E-state index in [1.807, 2.05) is 0 Å². The van der Waals surface area contributed by atoms with Crippen molar-refractivity contribution >= 4 is 5.97 Å². The van der Waals surface area contributed by atoms with E-state index >= 15 is 0 Å². The Bertz CT molecular complexity index is 412. The highest BCUT2D eigenvalue weighted by Gasteiger charge is 2.34. The molecule has 2 heterocycles. The summed E-state index contributed by atoms with van der Waals surface area (Å²) in [6.45, 7) is 1.20. The third-order valence-corrected chi connectivity index (χ3v) is 3.07. The van der Waals surface area contributed by atoms with Crippen LogP contribution < -0.4 is 5.73 Å². The van der Waals surface area contributed by atoms with Gasteiger partial charge in [0.15, 0.2) is 5.82 Å². The predicted molar refractivity (Wildman–Crippen MR) is 60.6 cm³/mol. The molecule has 1 aromatic rings. The van der Waals surface area contributed by atoms with Gasteiger partial charge in [-0.3, -0.25) is 4.79 Å². The van der Waals surface area contributed by atoms with Gasteiger partial charge in [-0.15, -0.1) is 0 Å². The van der Waals surface area contributed by atoms with E-state index in [4.69, 9.17) is 15.0 Å². The van der Waals surface area contributed by atoms with Crippen molar-refractivity contribution in [2.45, 2.75) is 31.2 Å². The van der Waals surface area contributed by atoms with Crippen molar-refractivity contribution in [3.8, 4) is 0 Å². The first-order valence-corrected chi connectivity index (χ1v) is 5.90. The molecule has 0 saturated carbocycles. The molecule has 2 N–H and O–H groups in total. The fraction of sp³-hybridized carbons (Fsp3) is 0.727. The van der Waals surface area contributed by atoms with E-state index in [9.17, 15) is 4.79 Å². The van der Waals surface area contributed by atoms with Gasteiger partial charge in [0.1, 0.15) is 0 Å². The number of nitrogens with two attached hydrogens (primary N) is 1. The van der Waals surface area contributed by atoms with Gasteiger partial charge < -0.3 is 19.7 Å². The summed E-state index contributed by atoms with van der Waals surface area (Å²) in [5.41, 5.74) is 5.64. The summed E-state index contributed by atoms with van der Waals surface area (Å²) in [4.78, 5) is 15.2. The number of aromatic nitrogens is 2. The molecule has 0 aromatic carbocycles. The van der Waals surface area contributed by atoms with Gasteiger partial charge in [0.25, 0.3) is 0 Å². The molecule has 1 aliphatic heterocycles. The molecule has 0 aliphatic carbocycles. The Morgan fingerprint density at radius 3 is 2.89 bits per heavy atom. The molecule has 18 heavy (non-hydrogen) atoms. The molecule has 100 valence electrons. The molecule has 1 saturated heterocycles. The van der Waals surface area contributed by atoms with Crippen LogP contribution in [0.1, 0.15) is 31.0 Å². The fourth-order valence-corrected chi connectivity index (χ4v) is 1.83. The van der Waals surface area contributed by atoms with E-state index in [-0.39, 0.29) is 12.4 Å². The topological polar surface area (TPSA) is 100 Å². The molecule has 0 radical (unpaired) electrons. The second-order valence-corrected chi connectivity index (χ2v) is 4.36. The van der Waals surface area contributed by atoms with Crippen LogP contribution in [0, 0.1) is 0 Å². The number of methoxy groups -OCH3 is 1. The third-order valence-electron chi connectivity index (χ3n) is 3.07. The molecule has 7 heteroatoms. The second kappa shape index (κ2) is 5.45. The van der Waals surface area contributed by atoms with E-state index in [2.05, 4.69) is 14.9 Å². The van der Waals surface area contributed by atoms with Crippen molar-refractivity contribution in [1.29, 1.82) is 0 Å². The van der Waals surface area contributed by atoms with Gasteiger partial charge in [-0.05, 0) is 12.8 Å². The van der Waals surface area contributed by atoms with E-state index in [1.165, 1.54) is 7.11 Å². The van der Waals surface area contributed by atoms with Gasteiger partial charge in [-0.1, -0.05) is 5.16 Å². The van der Waals surface area contributed by atoms with Crippen LogP contribution in [0.4, 0.5) is 0 Å². The Balaban J connectivity index is 1.98. The van der Waals surface area contributed by atoms with Crippen LogP contribution in [0.25, 0.3) is 0 Å². The maximum atomic E-state index is 11.0. The number of hydrogen-bond acceptors (Lipinski definition) is 7. The average Bonchev–Trinajstić information content (AvgIpc) is 2.86. The Kier molecular flexibility index (Phi) is 3.93. The number of carbonyl (C=O) groups is 1. The summed E-state index contributed by atoms with van der Waals surface area (Å²) in [6.07, 6.45) is 1.93. The Morgan fingerprint density at radius 2 is 2.22 bits per heavy atom. The number of hydrogen-bond donors (Lipinski definition) is 1. The van der Waals surface area contributed by atoms with E-state index < -0.39 is 5.54 Å². The maximum Gasteiger partial charge on any atom is 0.306 e. The number of esters is 1. The van der Waals surface area contributed by atoms with Gasteiger partial charge in [0.2, 0.25) is 5.89 Å². The van der Waals surface area contributed by atoms with Crippen molar-refractivity contribution in [3.05, 3.63) is 11.7 Å². The predicted octanol–water partition coefficient (Wildman–Crippen LogP) is 0.140. The molecule has 0 unspecified atom stereocenters. The smallest absolute Gasteiger partial charge is 0.306 e. The highest BCUT2D eigenvalue weighted by molar-refractivity contribution is 5.69. The van der Waals surface area contributed by atoms with Crippen molar-refractivity contribution in [2.75, 3.05) is 20.3 Å². The number of aryl methyl sites for hydroxylation is 1. The largest absolute Gasteiger partial charge is 0.469 e. The number of rotatable bonds is 4. The van der Waals surface area contributed by atoms with E-state index in [0.29, 0.717) is 44.2 Å². The fourth-order valence-electron chi connectivity index (χ4n) is 1.83. The quantitative estimate of drug-likeness (QED) is 0.763. The van der Waals surface area contributed by atoms with Crippen molar-refractivity contribution in [2.24, 2.45) is 5.73 Å². The monoisotopic (exact) mass is 255 g/mol. The molecule has 0 atom stereocenters. The Labute approximate surface area is 105 Å². The molecule has 0 amide bonds. The summed E-state index contributed by atoms with van der Waals surface area (Å²) >= 11 is 0. The first-order valence-electron chi connectivity index (χ1n) is 5.90. The van der Waals surface area contributed by atoms with Crippen LogP contribution in [-0.2, 0) is 26.2 Å². The average molecular weight is 255 g/mol. The first-order chi connectivity index (χ1) is 8.64.